The zero-order valence-corrected chi connectivity index (χ0v) is 26.6. The van der Waals surface area contributed by atoms with Crippen molar-refractivity contribution in [3.8, 4) is 33.4 Å². The number of hydrogen-bond acceptors (Lipinski definition) is 4. The van der Waals surface area contributed by atoms with Crippen LogP contribution in [0.1, 0.15) is 22.9 Å². The molecule has 0 saturated heterocycles. The molecule has 1 N–H and O–H groups in total. The number of benzene rings is 7. The highest BCUT2D eigenvalue weighted by Gasteiger charge is 2.22. The van der Waals surface area contributed by atoms with E-state index in [2.05, 4.69) is 139 Å². The second kappa shape index (κ2) is 12.3. The predicted octanol–water partition coefficient (Wildman–Crippen LogP) is 11.1. The summed E-state index contributed by atoms with van der Waals surface area (Å²) in [5.41, 5.74) is 11.7. The summed E-state index contributed by atoms with van der Waals surface area (Å²) in [5.74, 6) is 1.50. The molecule has 7 aromatic carbocycles. The molecule has 4 nitrogen and oxygen atoms in total. The molecule has 1 unspecified atom stereocenters. The van der Waals surface area contributed by atoms with Gasteiger partial charge in [0.15, 0.2) is 5.84 Å². The highest BCUT2D eigenvalue weighted by atomic mass is 16.3. The highest BCUT2D eigenvalue weighted by molar-refractivity contribution is 6.15. The third-order valence-electron chi connectivity index (χ3n) is 9.16. The van der Waals surface area contributed by atoms with Crippen LogP contribution in [-0.4, -0.2) is 11.7 Å². The molecule has 0 aliphatic carbocycles. The number of nitrogens with zero attached hydrogens (tertiary/aromatic N) is 2. The number of aliphatic imine (C=N–C) groups is 2. The molecular weight excluding hydrogens is 599 g/mol. The van der Waals surface area contributed by atoms with Gasteiger partial charge >= 0.3 is 0 Å². The van der Waals surface area contributed by atoms with E-state index < -0.39 is 0 Å². The van der Waals surface area contributed by atoms with E-state index in [1.54, 1.807) is 0 Å². The van der Waals surface area contributed by atoms with Gasteiger partial charge in [0.05, 0.1) is 0 Å². The Morgan fingerprint density at radius 2 is 1.04 bits per heavy atom. The molecule has 1 aliphatic heterocycles. The van der Waals surface area contributed by atoms with Crippen molar-refractivity contribution in [1.82, 2.24) is 5.32 Å². The van der Waals surface area contributed by atoms with E-state index in [-0.39, 0.29) is 6.17 Å². The Bertz CT molecular complexity index is 2500. The first-order valence-electron chi connectivity index (χ1n) is 16.5. The third-order valence-corrected chi connectivity index (χ3v) is 9.16. The van der Waals surface area contributed by atoms with Crippen molar-refractivity contribution < 1.29 is 4.42 Å². The Morgan fingerprint density at radius 1 is 0.449 bits per heavy atom. The molecule has 1 atom stereocenters. The normalized spacial score (nSPS) is 14.3. The van der Waals surface area contributed by atoms with Crippen molar-refractivity contribution in [2.24, 2.45) is 9.98 Å². The van der Waals surface area contributed by atoms with Crippen molar-refractivity contribution >= 4 is 33.6 Å². The Labute approximate surface area is 284 Å². The van der Waals surface area contributed by atoms with E-state index in [0.29, 0.717) is 5.84 Å². The number of nitrogens with one attached hydrogen (secondary N) is 1. The summed E-state index contributed by atoms with van der Waals surface area (Å²) < 4.78 is 6.40. The van der Waals surface area contributed by atoms with Crippen LogP contribution in [-0.2, 0) is 0 Å². The number of rotatable bonds is 6. The summed E-state index contributed by atoms with van der Waals surface area (Å²) >= 11 is 0. The maximum atomic E-state index is 6.40. The van der Waals surface area contributed by atoms with Gasteiger partial charge in [0, 0.05) is 21.9 Å². The molecule has 0 spiro atoms. The van der Waals surface area contributed by atoms with Crippen molar-refractivity contribution in [1.29, 1.82) is 0 Å². The summed E-state index contributed by atoms with van der Waals surface area (Å²) in [6.45, 7) is 0. The highest BCUT2D eigenvalue weighted by Crippen LogP contribution is 2.39. The first-order chi connectivity index (χ1) is 24.3. The monoisotopic (exact) mass is 629 g/mol. The molecule has 0 saturated carbocycles. The maximum absolute atomic E-state index is 6.40. The fourth-order valence-corrected chi connectivity index (χ4v) is 6.69. The fraction of sp³-hybridized carbons (Fsp3) is 0.0222. The molecule has 4 heteroatoms. The van der Waals surface area contributed by atoms with Crippen molar-refractivity contribution in [2.45, 2.75) is 6.17 Å². The minimum Gasteiger partial charge on any atom is -0.456 e. The predicted molar refractivity (Wildman–Crippen MR) is 202 cm³/mol. The molecule has 0 radical (unpaired) electrons. The molecule has 1 aliphatic rings. The van der Waals surface area contributed by atoms with Gasteiger partial charge in [-0.1, -0.05) is 152 Å². The second-order valence-electron chi connectivity index (χ2n) is 12.3. The lowest BCUT2D eigenvalue weighted by molar-refractivity contribution is 0.669. The van der Waals surface area contributed by atoms with Gasteiger partial charge < -0.3 is 9.73 Å². The van der Waals surface area contributed by atoms with E-state index in [0.717, 1.165) is 61.2 Å². The van der Waals surface area contributed by atoms with Crippen LogP contribution in [0.4, 0.5) is 0 Å². The van der Waals surface area contributed by atoms with Gasteiger partial charge in [-0.15, -0.1) is 0 Å². The molecule has 9 rings (SSSR count). The quantitative estimate of drug-likeness (QED) is 0.199. The van der Waals surface area contributed by atoms with Gasteiger partial charge in [-0.2, -0.15) is 0 Å². The molecule has 0 amide bonds. The molecule has 2 heterocycles. The number of furan rings is 1. The van der Waals surface area contributed by atoms with Gasteiger partial charge in [-0.3, -0.25) is 0 Å². The molecule has 49 heavy (non-hydrogen) atoms. The average molecular weight is 630 g/mol. The zero-order chi connectivity index (χ0) is 32.6. The van der Waals surface area contributed by atoms with Crippen LogP contribution in [0.5, 0.6) is 0 Å². The summed E-state index contributed by atoms with van der Waals surface area (Å²) in [6, 6.07) is 61.1. The van der Waals surface area contributed by atoms with Crippen LogP contribution in [0.25, 0.3) is 55.3 Å². The number of amidine groups is 2. The van der Waals surface area contributed by atoms with Crippen molar-refractivity contribution in [3.05, 3.63) is 193 Å². The van der Waals surface area contributed by atoms with Gasteiger partial charge in [-0.25, -0.2) is 9.98 Å². The van der Waals surface area contributed by atoms with Crippen LogP contribution >= 0.6 is 0 Å². The van der Waals surface area contributed by atoms with E-state index in [9.17, 15) is 0 Å². The molecule has 1 aromatic heterocycles. The minimum absolute atomic E-state index is 0.256. The fourth-order valence-electron chi connectivity index (χ4n) is 6.69. The topological polar surface area (TPSA) is 49.9 Å². The van der Waals surface area contributed by atoms with E-state index >= 15 is 0 Å². The molecule has 0 fully saturated rings. The van der Waals surface area contributed by atoms with Crippen LogP contribution in [0, 0.1) is 0 Å². The van der Waals surface area contributed by atoms with Crippen molar-refractivity contribution in [2.75, 3.05) is 0 Å². The summed E-state index contributed by atoms with van der Waals surface area (Å²) in [4.78, 5) is 10.0. The second-order valence-corrected chi connectivity index (χ2v) is 12.3. The van der Waals surface area contributed by atoms with Gasteiger partial charge in [0.1, 0.15) is 23.2 Å². The van der Waals surface area contributed by atoms with E-state index in [1.807, 2.05) is 42.5 Å². The standard InChI is InChI=1S/C45H31N3O/c1-4-12-30(13-5-1)31-22-24-32(25-23-31)35-26-27-40-39(29-35)42-38(20-11-21-41(42)49-40)36-18-10-19-37(28-36)45-47-43(33-14-6-2-7-15-33)46-44(48-45)34-16-8-3-9-17-34/h1-29,43H,(H,46,47,48). The Kier molecular flexibility index (Phi) is 7.17. The largest absolute Gasteiger partial charge is 0.456 e. The number of fused-ring (bicyclic) bond motifs is 3. The Balaban J connectivity index is 1.11. The van der Waals surface area contributed by atoms with Gasteiger partial charge in [0.2, 0.25) is 0 Å². The molecule has 8 aromatic rings. The average Bonchev–Trinajstić information content (AvgIpc) is 3.57. The minimum atomic E-state index is -0.256. The summed E-state index contributed by atoms with van der Waals surface area (Å²) in [7, 11) is 0. The van der Waals surface area contributed by atoms with Crippen LogP contribution in [0.2, 0.25) is 0 Å². The summed E-state index contributed by atoms with van der Waals surface area (Å²) in [5, 5.41) is 5.81. The lowest BCUT2D eigenvalue weighted by Gasteiger charge is -2.24. The summed E-state index contributed by atoms with van der Waals surface area (Å²) in [6.07, 6.45) is -0.256. The van der Waals surface area contributed by atoms with Crippen LogP contribution in [0.15, 0.2) is 190 Å². The van der Waals surface area contributed by atoms with E-state index in [4.69, 9.17) is 14.4 Å². The third kappa shape index (κ3) is 5.49. The lowest BCUT2D eigenvalue weighted by atomic mass is 9.95. The smallest absolute Gasteiger partial charge is 0.159 e. The van der Waals surface area contributed by atoms with Gasteiger partial charge in [0.25, 0.3) is 0 Å². The van der Waals surface area contributed by atoms with Crippen LogP contribution < -0.4 is 5.32 Å². The first-order valence-corrected chi connectivity index (χ1v) is 16.5. The molecule has 0 bridgehead atoms. The molecule has 232 valence electrons. The van der Waals surface area contributed by atoms with Crippen LogP contribution in [0.3, 0.4) is 0 Å². The van der Waals surface area contributed by atoms with Gasteiger partial charge in [-0.05, 0) is 63.2 Å². The zero-order valence-electron chi connectivity index (χ0n) is 26.6. The van der Waals surface area contributed by atoms with E-state index in [1.165, 1.54) is 16.7 Å². The Morgan fingerprint density at radius 3 is 1.80 bits per heavy atom. The SMILES string of the molecule is c1ccc(C2=NC(c3ccccc3)NC(c3cccc(-c4cccc5oc6ccc(-c7ccc(-c8ccccc8)cc7)cc6c45)c3)=N2)cc1. The first kappa shape index (κ1) is 28.7. The maximum Gasteiger partial charge on any atom is 0.159 e. The lowest BCUT2D eigenvalue weighted by Crippen LogP contribution is -2.33. The Hall–Kier alpha value is -6.52. The van der Waals surface area contributed by atoms with Crippen molar-refractivity contribution in [3.63, 3.8) is 0 Å². The molecular formula is C45H31N3O. The number of hydrogen-bond donors (Lipinski definition) is 1.